The maximum absolute atomic E-state index is 11.6. The van der Waals surface area contributed by atoms with Crippen LogP contribution in [-0.2, 0) is 4.74 Å². The quantitative estimate of drug-likeness (QED) is 0.399. The Morgan fingerprint density at radius 3 is 2.74 bits per heavy atom. The third-order valence-corrected chi connectivity index (χ3v) is 3.63. The molecule has 2 aliphatic rings. The second-order valence-electron chi connectivity index (χ2n) is 4.61. The second-order valence-corrected chi connectivity index (χ2v) is 4.61. The number of aliphatic hydroxyl groups is 3. The van der Waals surface area contributed by atoms with Gasteiger partial charge in [0.2, 0.25) is 5.60 Å². The molecule has 3 rings (SSSR count). The number of terminal acetylenes is 1. The van der Waals surface area contributed by atoms with Crippen molar-refractivity contribution in [3.8, 4) is 12.3 Å². The normalized spacial score (nSPS) is 43.6. The fourth-order valence-electron chi connectivity index (χ4n) is 2.45. The number of aromatic nitrogens is 2. The molecular weight excluding hydrogens is 256 g/mol. The van der Waals surface area contributed by atoms with Crippen molar-refractivity contribution in [2.24, 2.45) is 0 Å². The zero-order valence-electron chi connectivity index (χ0n) is 9.48. The van der Waals surface area contributed by atoms with Crippen molar-refractivity contribution in [2.75, 3.05) is 0 Å². The summed E-state index contributed by atoms with van der Waals surface area (Å²) in [7, 11) is 0. The summed E-state index contributed by atoms with van der Waals surface area (Å²) in [5.74, 6) is 1.96. The average Bonchev–Trinajstić information content (AvgIpc) is 2.79. The molecule has 0 amide bonds. The van der Waals surface area contributed by atoms with Gasteiger partial charge in [0.1, 0.15) is 12.2 Å². The molecule has 100 valence electrons. The van der Waals surface area contributed by atoms with Gasteiger partial charge in [-0.2, -0.15) is 0 Å². The van der Waals surface area contributed by atoms with Gasteiger partial charge < -0.3 is 20.1 Å². The predicted octanol–water partition coefficient (Wildman–Crippen LogP) is -3.10. The molecule has 1 saturated heterocycles. The van der Waals surface area contributed by atoms with E-state index in [2.05, 4.69) is 0 Å². The van der Waals surface area contributed by atoms with Crippen molar-refractivity contribution in [2.45, 2.75) is 29.6 Å². The number of aliphatic hydroxyl groups excluding tert-OH is 1. The first-order valence-corrected chi connectivity index (χ1v) is 5.44. The molecule has 1 aromatic rings. The van der Waals surface area contributed by atoms with Crippen molar-refractivity contribution in [3.63, 3.8) is 0 Å². The van der Waals surface area contributed by atoms with Crippen LogP contribution in [0.2, 0.25) is 0 Å². The zero-order valence-corrected chi connectivity index (χ0v) is 9.48. The van der Waals surface area contributed by atoms with Crippen molar-refractivity contribution in [1.82, 2.24) is 9.55 Å². The molecule has 0 bridgehead atoms. The Kier molecular flexibility index (Phi) is 2.13. The largest absolute Gasteiger partial charge is 0.387 e. The first-order valence-electron chi connectivity index (χ1n) is 5.44. The molecule has 1 saturated carbocycles. The molecule has 8 heteroatoms. The standard InChI is InChI=1S/C11H10N2O6/c1-2-10(17)8(19-7-6(15)11(7,10)18)13-4-3-5(14)12-9(13)16/h1,3-4,6-8,15,17-18H,(H,12,14,16)/t6?,7-,8-,10+,11-/m1/s1. The molecule has 1 unspecified atom stereocenters. The molecule has 2 heterocycles. The lowest BCUT2D eigenvalue weighted by Gasteiger charge is -2.30. The van der Waals surface area contributed by atoms with E-state index in [1.54, 1.807) is 0 Å². The monoisotopic (exact) mass is 266 g/mol. The van der Waals surface area contributed by atoms with Gasteiger partial charge in [0.15, 0.2) is 11.8 Å². The molecule has 19 heavy (non-hydrogen) atoms. The summed E-state index contributed by atoms with van der Waals surface area (Å²) in [6.45, 7) is 0. The van der Waals surface area contributed by atoms with Crippen LogP contribution < -0.4 is 11.2 Å². The minimum absolute atomic E-state index is 0.618. The van der Waals surface area contributed by atoms with Crippen molar-refractivity contribution >= 4 is 0 Å². The number of nitrogens with zero attached hydrogens (tertiary/aromatic N) is 1. The van der Waals surface area contributed by atoms with Gasteiger partial charge >= 0.3 is 5.69 Å². The third-order valence-electron chi connectivity index (χ3n) is 3.63. The Hall–Kier alpha value is -1.92. The summed E-state index contributed by atoms with van der Waals surface area (Å²) in [5, 5.41) is 29.9. The van der Waals surface area contributed by atoms with Gasteiger partial charge in [0, 0.05) is 12.3 Å². The summed E-state index contributed by atoms with van der Waals surface area (Å²) in [6, 6.07) is 1.05. The molecular formula is C11H10N2O6. The fraction of sp³-hybridized carbons (Fsp3) is 0.455. The number of rotatable bonds is 1. The number of hydrogen-bond donors (Lipinski definition) is 4. The molecule has 4 N–H and O–H groups in total. The molecule has 0 aromatic carbocycles. The van der Waals surface area contributed by atoms with Crippen LogP contribution in [-0.4, -0.2) is 48.3 Å². The van der Waals surface area contributed by atoms with Crippen molar-refractivity contribution in [3.05, 3.63) is 33.1 Å². The van der Waals surface area contributed by atoms with Gasteiger partial charge in [-0.1, -0.05) is 5.92 Å². The Morgan fingerprint density at radius 1 is 1.47 bits per heavy atom. The van der Waals surface area contributed by atoms with Gasteiger partial charge in [0.05, 0.1) is 0 Å². The van der Waals surface area contributed by atoms with Crippen LogP contribution in [0.1, 0.15) is 6.23 Å². The maximum atomic E-state index is 11.6. The third kappa shape index (κ3) is 1.22. The molecule has 2 fully saturated rings. The smallest absolute Gasteiger partial charge is 0.330 e. The average molecular weight is 266 g/mol. The van der Waals surface area contributed by atoms with E-state index in [1.807, 2.05) is 10.9 Å². The minimum Gasteiger partial charge on any atom is -0.387 e. The van der Waals surface area contributed by atoms with E-state index in [-0.39, 0.29) is 0 Å². The highest BCUT2D eigenvalue weighted by Gasteiger charge is 2.83. The molecule has 0 spiro atoms. The fourth-order valence-corrected chi connectivity index (χ4v) is 2.45. The molecule has 8 nitrogen and oxygen atoms in total. The lowest BCUT2D eigenvalue weighted by atomic mass is 9.94. The Morgan fingerprint density at radius 2 is 2.16 bits per heavy atom. The lowest BCUT2D eigenvalue weighted by molar-refractivity contribution is -0.137. The highest BCUT2D eigenvalue weighted by atomic mass is 16.6. The highest BCUT2D eigenvalue weighted by molar-refractivity contribution is 5.38. The van der Waals surface area contributed by atoms with Gasteiger partial charge in [0.25, 0.3) is 5.56 Å². The molecule has 1 aliphatic heterocycles. The molecule has 5 atom stereocenters. The van der Waals surface area contributed by atoms with Crippen LogP contribution in [0.5, 0.6) is 0 Å². The number of hydrogen-bond acceptors (Lipinski definition) is 6. The van der Waals surface area contributed by atoms with Crippen molar-refractivity contribution in [1.29, 1.82) is 0 Å². The van der Waals surface area contributed by atoms with Crippen LogP contribution >= 0.6 is 0 Å². The molecule has 1 aliphatic carbocycles. The van der Waals surface area contributed by atoms with Crippen LogP contribution in [0.25, 0.3) is 0 Å². The van der Waals surface area contributed by atoms with Crippen LogP contribution in [0.4, 0.5) is 0 Å². The summed E-state index contributed by atoms with van der Waals surface area (Å²) >= 11 is 0. The number of ether oxygens (including phenoxy) is 1. The maximum Gasteiger partial charge on any atom is 0.330 e. The van der Waals surface area contributed by atoms with Gasteiger partial charge in [-0.3, -0.25) is 14.3 Å². The second kappa shape index (κ2) is 3.34. The van der Waals surface area contributed by atoms with E-state index in [0.717, 1.165) is 16.8 Å². The van der Waals surface area contributed by atoms with Gasteiger partial charge in [-0.25, -0.2) is 4.79 Å². The first-order chi connectivity index (χ1) is 8.86. The Labute approximate surface area is 105 Å². The number of fused-ring (bicyclic) bond motifs is 1. The SMILES string of the molecule is C#C[C@]1(O)[C@H](n2ccc(=O)[nH]c2=O)O[C@@H]2C(O)[C@@]21O. The summed E-state index contributed by atoms with van der Waals surface area (Å²) < 4.78 is 6.07. The number of H-pyrrole nitrogens is 1. The van der Waals surface area contributed by atoms with E-state index < -0.39 is 40.9 Å². The zero-order chi connectivity index (χ0) is 14.0. The summed E-state index contributed by atoms with van der Waals surface area (Å²) in [5.41, 5.74) is -5.74. The van der Waals surface area contributed by atoms with E-state index in [0.29, 0.717) is 0 Å². The number of nitrogens with one attached hydrogen (secondary N) is 1. The van der Waals surface area contributed by atoms with E-state index in [1.165, 1.54) is 0 Å². The van der Waals surface area contributed by atoms with E-state index >= 15 is 0 Å². The topological polar surface area (TPSA) is 125 Å². The lowest BCUT2D eigenvalue weighted by Crippen LogP contribution is -2.52. The van der Waals surface area contributed by atoms with Crippen molar-refractivity contribution < 1.29 is 20.1 Å². The highest BCUT2D eigenvalue weighted by Crippen LogP contribution is 2.58. The Bertz CT molecular complexity index is 702. The predicted molar refractivity (Wildman–Crippen MR) is 60.0 cm³/mol. The minimum atomic E-state index is -2.26. The van der Waals surface area contributed by atoms with Gasteiger partial charge in [-0.15, -0.1) is 6.42 Å². The van der Waals surface area contributed by atoms with Crippen LogP contribution in [0.3, 0.4) is 0 Å². The first kappa shape index (κ1) is 12.1. The summed E-state index contributed by atoms with van der Waals surface area (Å²) in [4.78, 5) is 24.6. The molecule has 1 aromatic heterocycles. The van der Waals surface area contributed by atoms with Gasteiger partial charge in [-0.05, 0) is 0 Å². The molecule has 0 radical (unpaired) electrons. The van der Waals surface area contributed by atoms with E-state index in [9.17, 15) is 24.9 Å². The number of aromatic amines is 1. The summed E-state index contributed by atoms with van der Waals surface area (Å²) in [6.07, 6.45) is 2.52. The Balaban J connectivity index is 2.12. The van der Waals surface area contributed by atoms with E-state index in [4.69, 9.17) is 11.2 Å². The van der Waals surface area contributed by atoms with Crippen LogP contribution in [0, 0.1) is 12.3 Å². The van der Waals surface area contributed by atoms with Crippen LogP contribution in [0.15, 0.2) is 21.9 Å².